The molecular weight excluding hydrogens is 356 g/mol. The van der Waals surface area contributed by atoms with E-state index >= 15 is 0 Å². The predicted molar refractivity (Wildman–Crippen MR) is 94.1 cm³/mol. The number of nitrogens with zero attached hydrogens (tertiary/aromatic N) is 3. The van der Waals surface area contributed by atoms with E-state index in [0.717, 1.165) is 0 Å². The van der Waals surface area contributed by atoms with Crippen molar-refractivity contribution in [2.24, 2.45) is 11.7 Å². The third kappa shape index (κ3) is 4.80. The van der Waals surface area contributed by atoms with Gasteiger partial charge in [-0.1, -0.05) is 6.92 Å². The minimum atomic E-state index is -3.50. The summed E-state index contributed by atoms with van der Waals surface area (Å²) in [6.07, 6.45) is -0.219. The Morgan fingerprint density at radius 3 is 2.08 bits per heavy atom. The highest BCUT2D eigenvalue weighted by atomic mass is 35.5. The second-order valence-corrected chi connectivity index (χ2v) is 8.37. The highest BCUT2D eigenvalue weighted by Crippen LogP contribution is 2.19. The van der Waals surface area contributed by atoms with Crippen LogP contribution in [0.5, 0.6) is 0 Å². The van der Waals surface area contributed by atoms with Crippen molar-refractivity contribution in [3.63, 3.8) is 0 Å². The summed E-state index contributed by atoms with van der Waals surface area (Å²) in [7, 11) is -3.50. The van der Waals surface area contributed by atoms with Gasteiger partial charge in [0, 0.05) is 51.7 Å². The molecule has 0 bridgehead atoms. The van der Waals surface area contributed by atoms with Crippen LogP contribution in [0.4, 0.5) is 0 Å². The summed E-state index contributed by atoms with van der Waals surface area (Å²) in [6, 6.07) is 0. The van der Waals surface area contributed by atoms with Crippen LogP contribution in [-0.2, 0) is 19.7 Å². The Morgan fingerprint density at radius 1 is 1.12 bits per heavy atom. The Bertz CT molecular complexity index is 515. The quantitative estimate of drug-likeness (QED) is 0.705. The Morgan fingerprint density at radius 2 is 1.62 bits per heavy atom. The SMILES string of the molecule is CC1CN(S(=O)(=O)N2CCN(C(=O)C(C)CN)CC2)CC(C)O1.Cl. The predicted octanol–water partition coefficient (Wildman–Crippen LogP) is -0.499. The highest BCUT2D eigenvalue weighted by molar-refractivity contribution is 7.86. The number of piperazine rings is 1. The lowest BCUT2D eigenvalue weighted by Crippen LogP contribution is -2.58. The van der Waals surface area contributed by atoms with Crippen LogP contribution in [0.2, 0.25) is 0 Å². The fourth-order valence-electron chi connectivity index (χ4n) is 3.03. The maximum atomic E-state index is 12.8. The van der Waals surface area contributed by atoms with Crippen molar-refractivity contribution >= 4 is 28.5 Å². The minimum absolute atomic E-state index is 0. The van der Waals surface area contributed by atoms with Crippen LogP contribution < -0.4 is 5.73 Å². The molecule has 2 aliphatic rings. The van der Waals surface area contributed by atoms with E-state index in [0.29, 0.717) is 45.8 Å². The number of amides is 1. The molecule has 3 unspecified atom stereocenters. The number of morpholine rings is 1. The molecule has 142 valence electrons. The first-order valence-corrected chi connectivity index (χ1v) is 9.55. The molecule has 3 atom stereocenters. The first-order valence-electron chi connectivity index (χ1n) is 8.15. The Kier molecular flexibility index (Phi) is 7.89. The molecule has 2 rings (SSSR count). The number of hydrogen-bond acceptors (Lipinski definition) is 5. The molecule has 0 spiro atoms. The lowest BCUT2D eigenvalue weighted by molar-refractivity contribution is -0.135. The summed E-state index contributed by atoms with van der Waals surface area (Å²) < 4.78 is 34.1. The Labute approximate surface area is 150 Å². The molecule has 0 radical (unpaired) electrons. The van der Waals surface area contributed by atoms with Crippen molar-refractivity contribution in [3.8, 4) is 0 Å². The van der Waals surface area contributed by atoms with Crippen molar-refractivity contribution in [2.75, 3.05) is 45.8 Å². The molecule has 1 amide bonds. The molecule has 24 heavy (non-hydrogen) atoms. The maximum absolute atomic E-state index is 12.8. The van der Waals surface area contributed by atoms with Crippen LogP contribution in [-0.4, -0.2) is 85.9 Å². The van der Waals surface area contributed by atoms with Gasteiger partial charge in [-0.3, -0.25) is 4.79 Å². The van der Waals surface area contributed by atoms with Gasteiger partial charge < -0.3 is 15.4 Å². The first-order chi connectivity index (χ1) is 10.8. The molecule has 0 aromatic carbocycles. The van der Waals surface area contributed by atoms with Crippen molar-refractivity contribution in [1.29, 1.82) is 0 Å². The Balaban J connectivity index is 0.00000288. The summed E-state index contributed by atoms with van der Waals surface area (Å²) in [5, 5.41) is 0. The second kappa shape index (κ2) is 8.77. The molecule has 2 heterocycles. The average molecular weight is 385 g/mol. The van der Waals surface area contributed by atoms with Crippen molar-refractivity contribution < 1.29 is 17.9 Å². The highest BCUT2D eigenvalue weighted by Gasteiger charge is 2.37. The molecule has 0 aromatic rings. The van der Waals surface area contributed by atoms with E-state index < -0.39 is 10.2 Å². The molecule has 8 nitrogen and oxygen atoms in total. The molecule has 2 aliphatic heterocycles. The summed E-state index contributed by atoms with van der Waals surface area (Å²) >= 11 is 0. The van der Waals surface area contributed by atoms with Gasteiger partial charge in [-0.2, -0.15) is 17.0 Å². The van der Waals surface area contributed by atoms with Crippen LogP contribution >= 0.6 is 12.4 Å². The zero-order chi connectivity index (χ0) is 17.2. The van der Waals surface area contributed by atoms with E-state index in [4.69, 9.17) is 10.5 Å². The maximum Gasteiger partial charge on any atom is 0.282 e. The van der Waals surface area contributed by atoms with Crippen molar-refractivity contribution in [1.82, 2.24) is 13.5 Å². The third-order valence-electron chi connectivity index (χ3n) is 4.36. The number of ether oxygens (including phenoxy) is 1. The number of carbonyl (C=O) groups excluding carboxylic acids is 1. The van der Waals surface area contributed by atoms with E-state index in [2.05, 4.69) is 0 Å². The van der Waals surface area contributed by atoms with Gasteiger partial charge in [-0.05, 0) is 13.8 Å². The normalized spacial score (nSPS) is 28.2. The summed E-state index contributed by atoms with van der Waals surface area (Å²) in [4.78, 5) is 13.8. The second-order valence-electron chi connectivity index (χ2n) is 6.44. The van der Waals surface area contributed by atoms with E-state index in [-0.39, 0.29) is 36.4 Å². The van der Waals surface area contributed by atoms with E-state index in [1.165, 1.54) is 8.61 Å². The monoisotopic (exact) mass is 384 g/mol. The van der Waals surface area contributed by atoms with E-state index in [9.17, 15) is 13.2 Å². The van der Waals surface area contributed by atoms with Gasteiger partial charge in [0.05, 0.1) is 12.2 Å². The topological polar surface area (TPSA) is 96.2 Å². The van der Waals surface area contributed by atoms with Gasteiger partial charge >= 0.3 is 0 Å². The van der Waals surface area contributed by atoms with Gasteiger partial charge in [0.2, 0.25) is 5.91 Å². The van der Waals surface area contributed by atoms with Gasteiger partial charge in [0.1, 0.15) is 0 Å². The van der Waals surface area contributed by atoms with Crippen molar-refractivity contribution in [2.45, 2.75) is 33.0 Å². The van der Waals surface area contributed by atoms with Crippen molar-refractivity contribution in [3.05, 3.63) is 0 Å². The van der Waals surface area contributed by atoms with Gasteiger partial charge in [0.25, 0.3) is 10.2 Å². The molecule has 2 saturated heterocycles. The molecule has 0 aliphatic carbocycles. The smallest absolute Gasteiger partial charge is 0.282 e. The lowest BCUT2D eigenvalue weighted by atomic mass is 10.1. The molecule has 10 heteroatoms. The van der Waals surface area contributed by atoms with E-state index in [1.807, 2.05) is 13.8 Å². The van der Waals surface area contributed by atoms with Gasteiger partial charge in [0.15, 0.2) is 0 Å². The first kappa shape index (κ1) is 21.6. The van der Waals surface area contributed by atoms with Gasteiger partial charge in [-0.15, -0.1) is 12.4 Å². The fourth-order valence-corrected chi connectivity index (χ4v) is 4.78. The molecule has 2 fully saturated rings. The number of rotatable bonds is 4. The number of hydrogen-bond donors (Lipinski definition) is 1. The standard InChI is InChI=1S/C14H28N4O4S.ClH/c1-11(8-15)14(19)16-4-6-17(7-5-16)23(20,21)18-9-12(2)22-13(3)10-18;/h11-13H,4-10,15H2,1-3H3;1H. The zero-order valence-corrected chi connectivity index (χ0v) is 16.2. The van der Waals surface area contributed by atoms with Crippen LogP contribution in [0, 0.1) is 5.92 Å². The molecule has 0 aromatic heterocycles. The largest absolute Gasteiger partial charge is 0.373 e. The van der Waals surface area contributed by atoms with Gasteiger partial charge in [-0.25, -0.2) is 0 Å². The molecular formula is C14H29ClN4O4S. The molecule has 2 N–H and O–H groups in total. The number of halogens is 1. The van der Waals surface area contributed by atoms with Crippen LogP contribution in [0.3, 0.4) is 0 Å². The third-order valence-corrected chi connectivity index (χ3v) is 6.33. The molecule has 0 saturated carbocycles. The van der Waals surface area contributed by atoms with Crippen LogP contribution in [0.1, 0.15) is 20.8 Å². The lowest BCUT2D eigenvalue weighted by Gasteiger charge is -2.40. The minimum Gasteiger partial charge on any atom is -0.373 e. The summed E-state index contributed by atoms with van der Waals surface area (Å²) in [5.41, 5.74) is 5.53. The van der Waals surface area contributed by atoms with Crippen LogP contribution in [0.25, 0.3) is 0 Å². The zero-order valence-electron chi connectivity index (χ0n) is 14.6. The average Bonchev–Trinajstić information content (AvgIpc) is 2.52. The summed E-state index contributed by atoms with van der Waals surface area (Å²) in [5.74, 6) is -0.225. The fraction of sp³-hybridized carbons (Fsp3) is 0.929. The summed E-state index contributed by atoms with van der Waals surface area (Å²) in [6.45, 7) is 8.08. The number of carbonyl (C=O) groups is 1. The van der Waals surface area contributed by atoms with Crippen LogP contribution in [0.15, 0.2) is 0 Å². The number of nitrogens with two attached hydrogens (primary N) is 1. The van der Waals surface area contributed by atoms with E-state index in [1.54, 1.807) is 11.8 Å². The Hall–Kier alpha value is -0.450.